The first-order valence-electron chi connectivity index (χ1n) is 9.77. The molecule has 5 nitrogen and oxygen atoms in total. The summed E-state index contributed by atoms with van der Waals surface area (Å²) in [6.45, 7) is 5.42. The van der Waals surface area contributed by atoms with Gasteiger partial charge in [-0.25, -0.2) is 4.39 Å². The fourth-order valence-corrected chi connectivity index (χ4v) is 3.71. The molecule has 2 aromatic rings. The molecule has 1 aliphatic rings. The maximum atomic E-state index is 13.2. The van der Waals surface area contributed by atoms with Gasteiger partial charge in [-0.3, -0.25) is 4.79 Å². The number of carbonyl (C=O) groups excluding carboxylic acids is 1. The molecule has 1 saturated heterocycles. The van der Waals surface area contributed by atoms with Crippen molar-refractivity contribution in [3.05, 3.63) is 52.8 Å². The molecule has 1 aliphatic heterocycles. The molecule has 156 valence electrons. The van der Waals surface area contributed by atoms with Crippen LogP contribution in [0.25, 0.3) is 0 Å². The minimum Gasteiger partial charge on any atom is -0.490 e. The molecule has 3 rings (SSSR count). The van der Waals surface area contributed by atoms with E-state index in [9.17, 15) is 9.18 Å². The number of piperidine rings is 1. The molecule has 0 spiro atoms. The molecule has 0 radical (unpaired) electrons. The van der Waals surface area contributed by atoms with Gasteiger partial charge >= 0.3 is 0 Å². The highest BCUT2D eigenvalue weighted by Crippen LogP contribution is 2.30. The van der Waals surface area contributed by atoms with Crippen molar-refractivity contribution < 1.29 is 23.4 Å². The summed E-state index contributed by atoms with van der Waals surface area (Å²) < 4.78 is 31.1. The summed E-state index contributed by atoms with van der Waals surface area (Å²) in [5.41, 5.74) is 0. The van der Waals surface area contributed by atoms with E-state index in [-0.39, 0.29) is 17.8 Å². The minimum absolute atomic E-state index is 0.0307. The predicted molar refractivity (Wildman–Crippen MR) is 112 cm³/mol. The zero-order chi connectivity index (χ0) is 20.8. The maximum Gasteiger partial charge on any atom is 0.263 e. The van der Waals surface area contributed by atoms with Gasteiger partial charge in [0.2, 0.25) is 0 Å². The number of carbonyl (C=O) groups is 1. The first-order valence-corrected chi connectivity index (χ1v) is 10.6. The lowest BCUT2D eigenvalue weighted by atomic mass is 10.1. The van der Waals surface area contributed by atoms with Crippen LogP contribution in [-0.4, -0.2) is 42.7 Å². The molecule has 1 heterocycles. The van der Waals surface area contributed by atoms with Crippen molar-refractivity contribution in [1.82, 2.24) is 4.90 Å². The number of hydrogen-bond donors (Lipinski definition) is 0. The molecular formula is C22H25BrFNO4. The quantitative estimate of drug-likeness (QED) is 0.587. The minimum atomic E-state index is -0.659. The molecule has 0 bridgehead atoms. The number of benzene rings is 2. The Labute approximate surface area is 178 Å². The van der Waals surface area contributed by atoms with Crippen molar-refractivity contribution >= 4 is 21.8 Å². The molecule has 7 heteroatoms. The van der Waals surface area contributed by atoms with E-state index in [4.69, 9.17) is 14.2 Å². The molecule has 1 amide bonds. The number of amides is 1. The van der Waals surface area contributed by atoms with Crippen molar-refractivity contribution in [2.24, 2.45) is 0 Å². The Bertz CT molecular complexity index is 839. The monoisotopic (exact) mass is 465 g/mol. The maximum absolute atomic E-state index is 13.2. The summed E-state index contributed by atoms with van der Waals surface area (Å²) in [6.07, 6.45) is 0.842. The van der Waals surface area contributed by atoms with Crippen molar-refractivity contribution in [3.63, 3.8) is 0 Å². The number of para-hydroxylation sites is 2. The van der Waals surface area contributed by atoms with Gasteiger partial charge in [-0.05, 0) is 60.1 Å². The zero-order valence-corrected chi connectivity index (χ0v) is 18.2. The van der Waals surface area contributed by atoms with E-state index in [2.05, 4.69) is 15.9 Å². The van der Waals surface area contributed by atoms with Crippen LogP contribution in [0.1, 0.15) is 26.7 Å². The third-order valence-electron chi connectivity index (χ3n) is 4.74. The van der Waals surface area contributed by atoms with Crippen molar-refractivity contribution in [2.45, 2.75) is 38.9 Å². The van der Waals surface area contributed by atoms with Crippen molar-refractivity contribution in [3.8, 4) is 17.2 Å². The van der Waals surface area contributed by atoms with Crippen LogP contribution in [-0.2, 0) is 4.79 Å². The zero-order valence-electron chi connectivity index (χ0n) is 16.6. The normalized spacial score (nSPS) is 15.7. The molecule has 1 atom stereocenters. The fraction of sp³-hybridized carbons (Fsp3) is 0.409. The van der Waals surface area contributed by atoms with E-state index in [1.54, 1.807) is 11.8 Å². The Morgan fingerprint density at radius 3 is 2.52 bits per heavy atom. The second-order valence-corrected chi connectivity index (χ2v) is 7.71. The van der Waals surface area contributed by atoms with Crippen LogP contribution in [0.2, 0.25) is 0 Å². The fourth-order valence-electron chi connectivity index (χ4n) is 3.26. The van der Waals surface area contributed by atoms with E-state index in [1.165, 1.54) is 18.2 Å². The highest BCUT2D eigenvalue weighted by molar-refractivity contribution is 9.10. The van der Waals surface area contributed by atoms with E-state index in [0.29, 0.717) is 29.9 Å². The van der Waals surface area contributed by atoms with Gasteiger partial charge in [-0.1, -0.05) is 12.1 Å². The van der Waals surface area contributed by atoms with Crippen LogP contribution in [0, 0.1) is 5.82 Å². The van der Waals surface area contributed by atoms with Crippen LogP contribution < -0.4 is 14.2 Å². The Morgan fingerprint density at radius 1 is 1.17 bits per heavy atom. The summed E-state index contributed by atoms with van der Waals surface area (Å²) in [5.74, 6) is 1.46. The van der Waals surface area contributed by atoms with Gasteiger partial charge in [-0.2, -0.15) is 0 Å². The Kier molecular flexibility index (Phi) is 7.36. The number of ether oxygens (including phenoxy) is 3. The van der Waals surface area contributed by atoms with Gasteiger partial charge in [0.25, 0.3) is 5.91 Å². The molecule has 0 aromatic heterocycles. The van der Waals surface area contributed by atoms with E-state index >= 15 is 0 Å². The average Bonchev–Trinajstić information content (AvgIpc) is 2.72. The summed E-state index contributed by atoms with van der Waals surface area (Å²) in [6, 6.07) is 11.8. The Balaban J connectivity index is 1.52. The lowest BCUT2D eigenvalue weighted by Gasteiger charge is -2.33. The Morgan fingerprint density at radius 2 is 1.86 bits per heavy atom. The molecule has 1 unspecified atom stereocenters. The van der Waals surface area contributed by atoms with Gasteiger partial charge in [0.1, 0.15) is 17.7 Å². The molecule has 0 saturated carbocycles. The lowest BCUT2D eigenvalue weighted by molar-refractivity contribution is -0.139. The first-order chi connectivity index (χ1) is 14.0. The summed E-state index contributed by atoms with van der Waals surface area (Å²) in [5, 5.41) is 0. The number of halogens is 2. The van der Waals surface area contributed by atoms with Crippen LogP contribution >= 0.6 is 15.9 Å². The molecule has 0 N–H and O–H groups in total. The first kappa shape index (κ1) is 21.4. The number of hydrogen-bond acceptors (Lipinski definition) is 4. The standard InChI is InChI=1S/C22H25BrFNO4/c1-3-27-20-6-4-5-7-21(20)29-17-10-12-25(13-11-17)22(26)15(2)28-19-9-8-16(24)14-18(19)23/h4-9,14-15,17H,3,10-13H2,1-2H3. The summed E-state index contributed by atoms with van der Waals surface area (Å²) >= 11 is 3.26. The largest absolute Gasteiger partial charge is 0.490 e. The lowest BCUT2D eigenvalue weighted by Crippen LogP contribution is -2.46. The third kappa shape index (κ3) is 5.63. The second kappa shape index (κ2) is 9.96. The second-order valence-electron chi connectivity index (χ2n) is 6.86. The van der Waals surface area contributed by atoms with Gasteiger partial charge in [-0.15, -0.1) is 0 Å². The average molecular weight is 466 g/mol. The third-order valence-corrected chi connectivity index (χ3v) is 5.36. The highest BCUT2D eigenvalue weighted by Gasteiger charge is 2.28. The van der Waals surface area contributed by atoms with Crippen LogP contribution in [0.5, 0.6) is 17.2 Å². The predicted octanol–water partition coefficient (Wildman–Crippen LogP) is 4.82. The van der Waals surface area contributed by atoms with E-state index < -0.39 is 6.10 Å². The SMILES string of the molecule is CCOc1ccccc1OC1CCN(C(=O)C(C)Oc2ccc(F)cc2Br)CC1. The topological polar surface area (TPSA) is 48.0 Å². The van der Waals surface area contributed by atoms with Crippen LogP contribution in [0.4, 0.5) is 4.39 Å². The molecular weight excluding hydrogens is 441 g/mol. The van der Waals surface area contributed by atoms with Crippen LogP contribution in [0.15, 0.2) is 46.9 Å². The number of nitrogens with zero attached hydrogens (tertiary/aromatic N) is 1. The molecule has 0 aliphatic carbocycles. The summed E-state index contributed by atoms with van der Waals surface area (Å²) in [7, 11) is 0. The summed E-state index contributed by atoms with van der Waals surface area (Å²) in [4.78, 5) is 14.5. The van der Waals surface area contributed by atoms with Crippen LogP contribution in [0.3, 0.4) is 0 Å². The van der Waals surface area contributed by atoms with Gasteiger partial charge in [0.05, 0.1) is 11.1 Å². The number of rotatable bonds is 7. The van der Waals surface area contributed by atoms with Crippen molar-refractivity contribution in [2.75, 3.05) is 19.7 Å². The molecule has 2 aromatic carbocycles. The molecule has 29 heavy (non-hydrogen) atoms. The van der Waals surface area contributed by atoms with E-state index in [1.807, 2.05) is 31.2 Å². The molecule has 1 fully saturated rings. The Hall–Kier alpha value is -2.28. The van der Waals surface area contributed by atoms with Gasteiger partial charge in [0, 0.05) is 25.9 Å². The van der Waals surface area contributed by atoms with E-state index in [0.717, 1.165) is 24.3 Å². The van der Waals surface area contributed by atoms with Crippen molar-refractivity contribution in [1.29, 1.82) is 0 Å². The van der Waals surface area contributed by atoms with Gasteiger partial charge < -0.3 is 19.1 Å². The number of likely N-dealkylation sites (tertiary alicyclic amines) is 1. The smallest absolute Gasteiger partial charge is 0.263 e. The highest BCUT2D eigenvalue weighted by atomic mass is 79.9. The van der Waals surface area contributed by atoms with Gasteiger partial charge in [0.15, 0.2) is 17.6 Å².